The second-order valence-corrected chi connectivity index (χ2v) is 4.33. The molecule has 2 aromatic rings. The van der Waals surface area contributed by atoms with Crippen molar-refractivity contribution < 1.29 is 9.47 Å². The van der Waals surface area contributed by atoms with Crippen LogP contribution >= 0.6 is 0 Å². The summed E-state index contributed by atoms with van der Waals surface area (Å²) in [5.74, 6) is 1.51. The Morgan fingerprint density at radius 1 is 1.32 bits per heavy atom. The lowest BCUT2D eigenvalue weighted by molar-refractivity contribution is 0.122. The molecule has 19 heavy (non-hydrogen) atoms. The van der Waals surface area contributed by atoms with Crippen molar-refractivity contribution in [3.8, 4) is 17.1 Å². The van der Waals surface area contributed by atoms with E-state index in [0.29, 0.717) is 5.88 Å². The lowest BCUT2D eigenvalue weighted by atomic mass is 10.2. The van der Waals surface area contributed by atoms with Gasteiger partial charge in [0.2, 0.25) is 5.88 Å². The molecule has 0 aliphatic carbocycles. The first-order chi connectivity index (χ1) is 9.36. The molecule has 1 N–H and O–H groups in total. The Kier molecular flexibility index (Phi) is 3.33. The zero-order valence-electron chi connectivity index (χ0n) is 10.8. The summed E-state index contributed by atoms with van der Waals surface area (Å²) in [5, 5.41) is 6.93. The maximum Gasteiger partial charge on any atom is 0.215 e. The zero-order chi connectivity index (χ0) is 13.1. The van der Waals surface area contributed by atoms with Gasteiger partial charge in [0.25, 0.3) is 0 Å². The van der Waals surface area contributed by atoms with Crippen LogP contribution in [0.2, 0.25) is 0 Å². The smallest absolute Gasteiger partial charge is 0.215 e. The summed E-state index contributed by atoms with van der Waals surface area (Å²) in [4.78, 5) is 6.70. The van der Waals surface area contributed by atoms with Crippen LogP contribution in [0, 0.1) is 0 Å². The van der Waals surface area contributed by atoms with Crippen molar-refractivity contribution in [1.82, 2.24) is 15.2 Å². The van der Waals surface area contributed by atoms with Gasteiger partial charge in [0.15, 0.2) is 0 Å². The Balaban J connectivity index is 1.97. The van der Waals surface area contributed by atoms with Crippen LogP contribution in [-0.2, 0) is 4.74 Å². The summed E-state index contributed by atoms with van der Waals surface area (Å²) in [7, 11) is 1.63. The average Bonchev–Trinajstić information content (AvgIpc) is 3.02. The number of anilines is 1. The first-order valence-electron chi connectivity index (χ1n) is 6.25. The van der Waals surface area contributed by atoms with Gasteiger partial charge >= 0.3 is 0 Å². The third kappa shape index (κ3) is 2.53. The highest BCUT2D eigenvalue weighted by molar-refractivity contribution is 5.64. The predicted molar refractivity (Wildman–Crippen MR) is 71.4 cm³/mol. The molecule has 1 saturated heterocycles. The van der Waals surface area contributed by atoms with Crippen molar-refractivity contribution in [2.75, 3.05) is 38.3 Å². The highest BCUT2D eigenvalue weighted by atomic mass is 16.5. The number of hydrogen-bond donors (Lipinski definition) is 1. The highest BCUT2D eigenvalue weighted by Gasteiger charge is 2.15. The van der Waals surface area contributed by atoms with Crippen molar-refractivity contribution in [2.24, 2.45) is 0 Å². The van der Waals surface area contributed by atoms with Crippen molar-refractivity contribution in [1.29, 1.82) is 0 Å². The second-order valence-electron chi connectivity index (χ2n) is 4.33. The van der Waals surface area contributed by atoms with E-state index >= 15 is 0 Å². The third-order valence-corrected chi connectivity index (χ3v) is 3.14. The highest BCUT2D eigenvalue weighted by Crippen LogP contribution is 2.26. The maximum atomic E-state index is 5.36. The summed E-state index contributed by atoms with van der Waals surface area (Å²) >= 11 is 0. The van der Waals surface area contributed by atoms with E-state index < -0.39 is 0 Å². The van der Waals surface area contributed by atoms with E-state index in [1.165, 1.54) is 0 Å². The van der Waals surface area contributed by atoms with Gasteiger partial charge in [-0.25, -0.2) is 0 Å². The van der Waals surface area contributed by atoms with Crippen LogP contribution < -0.4 is 9.64 Å². The lowest BCUT2D eigenvalue weighted by Gasteiger charge is -2.28. The van der Waals surface area contributed by atoms with Crippen molar-refractivity contribution in [3.05, 3.63) is 24.4 Å². The molecule has 100 valence electrons. The van der Waals surface area contributed by atoms with Gasteiger partial charge in [-0.2, -0.15) is 10.1 Å². The second kappa shape index (κ2) is 5.27. The molecule has 6 heteroatoms. The van der Waals surface area contributed by atoms with E-state index in [0.717, 1.165) is 43.4 Å². The fourth-order valence-electron chi connectivity index (χ4n) is 2.12. The van der Waals surface area contributed by atoms with Gasteiger partial charge in [-0.05, 0) is 12.1 Å². The largest absolute Gasteiger partial charge is 0.481 e. The number of pyridine rings is 1. The van der Waals surface area contributed by atoms with E-state index in [1.807, 2.05) is 18.2 Å². The van der Waals surface area contributed by atoms with Gasteiger partial charge in [-0.15, -0.1) is 0 Å². The van der Waals surface area contributed by atoms with Gasteiger partial charge in [0.05, 0.1) is 26.0 Å². The van der Waals surface area contributed by atoms with Gasteiger partial charge in [-0.3, -0.25) is 5.10 Å². The number of hydrogen-bond acceptors (Lipinski definition) is 5. The zero-order valence-corrected chi connectivity index (χ0v) is 10.8. The molecule has 1 aliphatic rings. The number of aromatic amines is 1. The molecule has 0 bridgehead atoms. The molecule has 0 spiro atoms. The number of aromatic nitrogens is 3. The molecule has 6 nitrogen and oxygen atoms in total. The first kappa shape index (κ1) is 12.0. The van der Waals surface area contributed by atoms with Crippen LogP contribution in [0.1, 0.15) is 0 Å². The summed E-state index contributed by atoms with van der Waals surface area (Å²) in [6, 6.07) is 5.87. The minimum atomic E-state index is 0.605. The molecular formula is C13H16N4O2. The molecule has 0 atom stereocenters. The Labute approximate surface area is 111 Å². The summed E-state index contributed by atoms with van der Waals surface area (Å²) in [5.41, 5.74) is 1.97. The van der Waals surface area contributed by atoms with Gasteiger partial charge in [0, 0.05) is 30.9 Å². The van der Waals surface area contributed by atoms with Crippen LogP contribution in [0.3, 0.4) is 0 Å². The van der Waals surface area contributed by atoms with E-state index in [2.05, 4.69) is 20.1 Å². The fraction of sp³-hybridized carbons (Fsp3) is 0.385. The van der Waals surface area contributed by atoms with E-state index in [9.17, 15) is 0 Å². The van der Waals surface area contributed by atoms with Crippen LogP contribution in [0.25, 0.3) is 11.3 Å². The summed E-state index contributed by atoms with van der Waals surface area (Å²) in [6.45, 7) is 3.17. The number of morpholine rings is 1. The Morgan fingerprint density at radius 2 is 2.16 bits per heavy atom. The number of nitrogens with one attached hydrogen (secondary N) is 1. The minimum Gasteiger partial charge on any atom is -0.481 e. The summed E-state index contributed by atoms with van der Waals surface area (Å²) < 4.78 is 10.6. The van der Waals surface area contributed by atoms with Crippen LogP contribution in [0.15, 0.2) is 24.4 Å². The van der Waals surface area contributed by atoms with Crippen LogP contribution in [0.5, 0.6) is 5.88 Å². The molecule has 0 unspecified atom stereocenters. The maximum absolute atomic E-state index is 5.36. The molecule has 3 rings (SSSR count). The Morgan fingerprint density at radius 3 is 2.84 bits per heavy atom. The Hall–Kier alpha value is -2.08. The molecule has 1 aliphatic heterocycles. The molecule has 0 saturated carbocycles. The molecular weight excluding hydrogens is 244 g/mol. The topological polar surface area (TPSA) is 63.3 Å². The number of rotatable bonds is 3. The molecule has 0 aromatic carbocycles. The normalized spacial score (nSPS) is 15.5. The number of ether oxygens (including phenoxy) is 2. The van der Waals surface area contributed by atoms with E-state index in [-0.39, 0.29) is 0 Å². The SMILES string of the molecule is COc1cc(-c2ccn[nH]2)cc(N2CCOCC2)n1. The van der Waals surface area contributed by atoms with Gasteiger partial charge in [-0.1, -0.05) is 0 Å². The number of nitrogens with zero attached hydrogens (tertiary/aromatic N) is 3. The Bertz CT molecular complexity index is 536. The quantitative estimate of drug-likeness (QED) is 0.901. The van der Waals surface area contributed by atoms with Crippen LogP contribution in [0.4, 0.5) is 5.82 Å². The van der Waals surface area contributed by atoms with Gasteiger partial charge < -0.3 is 14.4 Å². The standard InChI is InChI=1S/C13H16N4O2/c1-18-13-9-10(11-2-3-14-16-11)8-12(15-13)17-4-6-19-7-5-17/h2-3,8-9H,4-7H2,1H3,(H,14,16). The van der Waals surface area contributed by atoms with Crippen molar-refractivity contribution in [3.63, 3.8) is 0 Å². The lowest BCUT2D eigenvalue weighted by Crippen LogP contribution is -2.36. The number of methoxy groups -OCH3 is 1. The van der Waals surface area contributed by atoms with E-state index in [4.69, 9.17) is 9.47 Å². The predicted octanol–water partition coefficient (Wildman–Crippen LogP) is 1.32. The van der Waals surface area contributed by atoms with Crippen molar-refractivity contribution >= 4 is 5.82 Å². The third-order valence-electron chi connectivity index (χ3n) is 3.14. The van der Waals surface area contributed by atoms with E-state index in [1.54, 1.807) is 13.3 Å². The molecule has 1 fully saturated rings. The average molecular weight is 260 g/mol. The first-order valence-corrected chi connectivity index (χ1v) is 6.25. The molecule has 0 amide bonds. The monoisotopic (exact) mass is 260 g/mol. The number of H-pyrrole nitrogens is 1. The fourth-order valence-corrected chi connectivity index (χ4v) is 2.12. The molecule has 0 radical (unpaired) electrons. The molecule has 3 heterocycles. The molecule has 2 aromatic heterocycles. The summed E-state index contributed by atoms with van der Waals surface area (Å²) in [6.07, 6.45) is 1.73. The minimum absolute atomic E-state index is 0.605. The van der Waals surface area contributed by atoms with Gasteiger partial charge in [0.1, 0.15) is 5.82 Å². The van der Waals surface area contributed by atoms with Crippen LogP contribution in [-0.4, -0.2) is 48.6 Å². The van der Waals surface area contributed by atoms with Crippen molar-refractivity contribution in [2.45, 2.75) is 0 Å².